The van der Waals surface area contributed by atoms with Crippen LogP contribution in [0, 0.1) is 0 Å². The van der Waals surface area contributed by atoms with Crippen LogP contribution in [0.3, 0.4) is 0 Å². The molecule has 4 aromatic rings. The predicted octanol–water partition coefficient (Wildman–Crippen LogP) is 12.2. The van der Waals surface area contributed by atoms with Crippen molar-refractivity contribution >= 4 is 50.0 Å². The van der Waals surface area contributed by atoms with Gasteiger partial charge in [0.15, 0.2) is 0 Å². The lowest BCUT2D eigenvalue weighted by molar-refractivity contribution is -0.129. The van der Waals surface area contributed by atoms with Gasteiger partial charge in [-0.2, -0.15) is 0 Å². The number of carbonyl (C=O) groups is 3. The molecule has 0 bridgehead atoms. The molecule has 0 heterocycles. The Morgan fingerprint density at radius 2 is 0.982 bits per heavy atom. The third-order valence-corrected chi connectivity index (χ3v) is 11.5. The van der Waals surface area contributed by atoms with Gasteiger partial charge in [-0.3, -0.25) is 14.4 Å². The van der Waals surface area contributed by atoms with E-state index in [9.17, 15) is 14.4 Å². The Morgan fingerprint density at radius 3 is 1.56 bits per heavy atom. The second-order valence-electron chi connectivity index (χ2n) is 16.1. The molecular weight excluding hydrogens is 679 g/mol. The summed E-state index contributed by atoms with van der Waals surface area (Å²) in [4.78, 5) is 39.4. The molecule has 6 nitrogen and oxygen atoms in total. The second-order valence-corrected chi connectivity index (χ2v) is 16.1. The van der Waals surface area contributed by atoms with Gasteiger partial charge in [0.1, 0.15) is 6.04 Å². The summed E-state index contributed by atoms with van der Waals surface area (Å²) in [5, 5.41) is 16.7. The van der Waals surface area contributed by atoms with E-state index in [1.807, 2.05) is 0 Å². The average Bonchev–Trinajstić information content (AvgIpc) is 3.20. The molecule has 55 heavy (non-hydrogen) atoms. The zero-order chi connectivity index (χ0) is 38.9. The molecule has 0 unspecified atom stereocenters. The van der Waals surface area contributed by atoms with E-state index in [2.05, 4.69) is 84.4 Å². The normalized spacial score (nSPS) is 12.1. The lowest BCUT2D eigenvalue weighted by Crippen LogP contribution is -2.47. The quantitative estimate of drug-likeness (QED) is 0.0353. The van der Waals surface area contributed by atoms with Crippen molar-refractivity contribution in [2.45, 2.75) is 180 Å². The predicted molar refractivity (Wildman–Crippen MR) is 234 cm³/mol. The monoisotopic (exact) mass is 752 g/mol. The summed E-state index contributed by atoms with van der Waals surface area (Å²) in [6, 6.07) is 18.9. The van der Waals surface area contributed by atoms with Crippen LogP contribution in [-0.4, -0.2) is 36.9 Å². The van der Waals surface area contributed by atoms with Crippen molar-refractivity contribution in [3.8, 4) is 0 Å². The number of hydrogen-bond donors (Lipinski definition) is 3. The number of unbranched alkanes of at least 4 members (excludes halogenated alkanes) is 18. The van der Waals surface area contributed by atoms with E-state index in [1.54, 1.807) is 0 Å². The fraction of sp³-hybridized carbons (Fsp3) is 0.612. The molecule has 302 valence electrons. The number of aryl methyl sites for hydroxylation is 1. The Hall–Kier alpha value is -3.67. The molecular formula is C49H73N3O3. The number of amides is 3. The topological polar surface area (TPSA) is 87.3 Å². The molecule has 0 aliphatic carbocycles. The molecule has 6 heteroatoms. The maximum absolute atomic E-state index is 13.4. The average molecular weight is 752 g/mol. The zero-order valence-electron chi connectivity index (χ0n) is 34.6. The third-order valence-electron chi connectivity index (χ3n) is 11.5. The van der Waals surface area contributed by atoms with Crippen molar-refractivity contribution < 1.29 is 14.4 Å². The highest BCUT2D eigenvalue weighted by atomic mass is 16.2. The van der Waals surface area contributed by atoms with Crippen LogP contribution in [0.5, 0.6) is 0 Å². The van der Waals surface area contributed by atoms with Crippen molar-refractivity contribution in [2.75, 3.05) is 13.1 Å². The fourth-order valence-corrected chi connectivity index (χ4v) is 8.14. The van der Waals surface area contributed by atoms with Gasteiger partial charge in [-0.1, -0.05) is 184 Å². The molecule has 1 atom stereocenters. The number of hydrogen-bond acceptors (Lipinski definition) is 3. The number of nitrogens with one attached hydrogen (secondary N) is 3. The standard InChI is InChI=1S/C49H73N3O3/c1-3-5-7-9-11-13-15-17-19-21-37-50-45(53)36-35-44(49(55)51-38-22-20-18-16-14-12-10-8-6-4-2)52-46(54)28-24-25-39-29-30-42-32-31-40-26-23-27-41-33-34-43(39)48(42)47(40)41/h23,26-27,29-34,44H,3-22,24-25,28,35-38H2,1-2H3,(H,50,53)(H,51,55)(H,52,54)/t44-/m0/s1. The smallest absolute Gasteiger partial charge is 0.242 e. The highest BCUT2D eigenvalue weighted by Crippen LogP contribution is 2.36. The minimum atomic E-state index is -0.715. The Bertz CT molecular complexity index is 1670. The molecule has 0 aromatic heterocycles. The third kappa shape index (κ3) is 15.8. The summed E-state index contributed by atoms with van der Waals surface area (Å²) in [6.07, 6.45) is 27.3. The molecule has 0 radical (unpaired) electrons. The van der Waals surface area contributed by atoms with Crippen molar-refractivity contribution in [3.63, 3.8) is 0 Å². The maximum Gasteiger partial charge on any atom is 0.242 e. The van der Waals surface area contributed by atoms with Crippen molar-refractivity contribution in [1.82, 2.24) is 16.0 Å². The first-order valence-electron chi connectivity index (χ1n) is 22.5. The van der Waals surface area contributed by atoms with Crippen LogP contribution in [0.15, 0.2) is 54.6 Å². The number of benzene rings is 4. The van der Waals surface area contributed by atoms with E-state index in [0.29, 0.717) is 32.4 Å². The highest BCUT2D eigenvalue weighted by molar-refractivity contribution is 6.23. The first kappa shape index (κ1) is 44.0. The lowest BCUT2D eigenvalue weighted by Gasteiger charge is -2.19. The van der Waals surface area contributed by atoms with E-state index in [0.717, 1.165) is 32.1 Å². The van der Waals surface area contributed by atoms with Crippen LogP contribution in [0.25, 0.3) is 32.3 Å². The summed E-state index contributed by atoms with van der Waals surface area (Å²) in [6.45, 7) is 5.77. The molecule has 0 aliphatic heterocycles. The van der Waals surface area contributed by atoms with Crippen molar-refractivity contribution in [2.24, 2.45) is 0 Å². The number of rotatable bonds is 31. The number of carbonyl (C=O) groups excluding carboxylic acids is 3. The van der Waals surface area contributed by atoms with Crippen LogP contribution < -0.4 is 16.0 Å². The van der Waals surface area contributed by atoms with Gasteiger partial charge in [-0.15, -0.1) is 0 Å². The van der Waals surface area contributed by atoms with Crippen LogP contribution in [0.1, 0.15) is 174 Å². The fourth-order valence-electron chi connectivity index (χ4n) is 8.14. The zero-order valence-corrected chi connectivity index (χ0v) is 34.6. The van der Waals surface area contributed by atoms with E-state index in [-0.39, 0.29) is 24.1 Å². The molecule has 3 amide bonds. The van der Waals surface area contributed by atoms with E-state index in [1.165, 1.54) is 141 Å². The summed E-state index contributed by atoms with van der Waals surface area (Å²) < 4.78 is 0. The minimum absolute atomic E-state index is 0.0494. The Balaban J connectivity index is 1.20. The Labute approximate surface area is 333 Å². The molecule has 0 aliphatic rings. The molecule has 4 rings (SSSR count). The summed E-state index contributed by atoms with van der Waals surface area (Å²) in [5.74, 6) is -0.368. The molecule has 0 spiro atoms. The van der Waals surface area contributed by atoms with Gasteiger partial charge in [0.05, 0.1) is 0 Å². The van der Waals surface area contributed by atoms with Crippen LogP contribution in [-0.2, 0) is 20.8 Å². The summed E-state index contributed by atoms with van der Waals surface area (Å²) in [5.41, 5.74) is 1.24. The van der Waals surface area contributed by atoms with Crippen LogP contribution in [0.4, 0.5) is 0 Å². The van der Waals surface area contributed by atoms with E-state index in [4.69, 9.17) is 0 Å². The summed E-state index contributed by atoms with van der Waals surface area (Å²) >= 11 is 0. The molecule has 0 fully saturated rings. The largest absolute Gasteiger partial charge is 0.356 e. The van der Waals surface area contributed by atoms with Crippen LogP contribution >= 0.6 is 0 Å². The Kier molecular flexibility index (Phi) is 21.0. The first-order chi connectivity index (χ1) is 27.0. The van der Waals surface area contributed by atoms with Gasteiger partial charge in [0.2, 0.25) is 17.7 Å². The minimum Gasteiger partial charge on any atom is -0.356 e. The van der Waals surface area contributed by atoms with Crippen LogP contribution in [0.2, 0.25) is 0 Å². The maximum atomic E-state index is 13.4. The molecule has 0 saturated heterocycles. The van der Waals surface area contributed by atoms with Gasteiger partial charge in [0, 0.05) is 25.9 Å². The van der Waals surface area contributed by atoms with Gasteiger partial charge in [-0.25, -0.2) is 0 Å². The SMILES string of the molecule is CCCCCCCCCCCCNC(=O)CC[C@H](NC(=O)CCCc1ccc2ccc3cccc4ccc1c2c34)C(=O)NCCCCCCCCCCCC. The van der Waals surface area contributed by atoms with Crippen molar-refractivity contribution in [3.05, 3.63) is 60.2 Å². The van der Waals surface area contributed by atoms with Gasteiger partial charge in [0.25, 0.3) is 0 Å². The van der Waals surface area contributed by atoms with E-state index < -0.39 is 6.04 Å². The molecule has 0 saturated carbocycles. The Morgan fingerprint density at radius 1 is 0.491 bits per heavy atom. The molecule has 3 N–H and O–H groups in total. The van der Waals surface area contributed by atoms with Crippen molar-refractivity contribution in [1.29, 1.82) is 0 Å². The second kappa shape index (κ2) is 26.2. The highest BCUT2D eigenvalue weighted by Gasteiger charge is 2.22. The first-order valence-corrected chi connectivity index (χ1v) is 22.5. The van der Waals surface area contributed by atoms with Gasteiger partial charge >= 0.3 is 0 Å². The molecule has 4 aromatic carbocycles. The lowest BCUT2D eigenvalue weighted by atomic mass is 9.90. The summed E-state index contributed by atoms with van der Waals surface area (Å²) in [7, 11) is 0. The van der Waals surface area contributed by atoms with Gasteiger partial charge < -0.3 is 16.0 Å². The van der Waals surface area contributed by atoms with E-state index >= 15 is 0 Å². The van der Waals surface area contributed by atoms with Gasteiger partial charge in [-0.05, 0) is 70.0 Å².